The van der Waals surface area contributed by atoms with Gasteiger partial charge in [-0.2, -0.15) is 4.98 Å². The third-order valence-corrected chi connectivity index (χ3v) is 3.43. The van der Waals surface area contributed by atoms with Crippen molar-refractivity contribution in [2.75, 3.05) is 13.1 Å². The fourth-order valence-electron chi connectivity index (χ4n) is 2.43. The lowest BCUT2D eigenvalue weighted by atomic mass is 10.1. The summed E-state index contributed by atoms with van der Waals surface area (Å²) in [5.74, 6) is 2.12. The van der Waals surface area contributed by atoms with Crippen LogP contribution in [0.5, 0.6) is 0 Å². The van der Waals surface area contributed by atoms with E-state index in [0.717, 1.165) is 37.8 Å². The second-order valence-corrected chi connectivity index (χ2v) is 5.73. The van der Waals surface area contributed by atoms with E-state index in [1.54, 1.807) is 0 Å². The Hall–Kier alpha value is -0.940. The molecule has 2 unspecified atom stereocenters. The SMILES string of the molecule is CC(C)Cc1nc(CN2C(C)CNCC2C)no1. The van der Waals surface area contributed by atoms with Gasteiger partial charge in [0.05, 0.1) is 6.54 Å². The molecule has 0 saturated carbocycles. The Morgan fingerprint density at radius 3 is 2.61 bits per heavy atom. The van der Waals surface area contributed by atoms with Crippen LogP contribution in [-0.4, -0.2) is 40.2 Å². The van der Waals surface area contributed by atoms with Gasteiger partial charge < -0.3 is 9.84 Å². The zero-order valence-corrected chi connectivity index (χ0v) is 11.8. The van der Waals surface area contributed by atoms with Crippen LogP contribution in [0.4, 0.5) is 0 Å². The molecule has 5 heteroatoms. The molecule has 2 heterocycles. The quantitative estimate of drug-likeness (QED) is 0.879. The molecule has 2 rings (SSSR count). The van der Waals surface area contributed by atoms with Gasteiger partial charge in [0, 0.05) is 31.6 Å². The van der Waals surface area contributed by atoms with Gasteiger partial charge in [0.2, 0.25) is 5.89 Å². The van der Waals surface area contributed by atoms with E-state index in [1.807, 2.05) is 0 Å². The smallest absolute Gasteiger partial charge is 0.226 e. The summed E-state index contributed by atoms with van der Waals surface area (Å²) >= 11 is 0. The van der Waals surface area contributed by atoms with Crippen molar-refractivity contribution in [1.82, 2.24) is 20.4 Å². The van der Waals surface area contributed by atoms with Gasteiger partial charge in [0.15, 0.2) is 5.82 Å². The van der Waals surface area contributed by atoms with E-state index < -0.39 is 0 Å². The summed E-state index contributed by atoms with van der Waals surface area (Å²) in [4.78, 5) is 6.90. The van der Waals surface area contributed by atoms with Crippen LogP contribution < -0.4 is 5.32 Å². The maximum Gasteiger partial charge on any atom is 0.226 e. The molecule has 5 nitrogen and oxygen atoms in total. The highest BCUT2D eigenvalue weighted by Gasteiger charge is 2.25. The Morgan fingerprint density at radius 1 is 1.33 bits per heavy atom. The van der Waals surface area contributed by atoms with Crippen LogP contribution >= 0.6 is 0 Å². The number of aromatic nitrogens is 2. The lowest BCUT2D eigenvalue weighted by Crippen LogP contribution is -2.54. The molecule has 1 aliphatic rings. The van der Waals surface area contributed by atoms with Crippen molar-refractivity contribution in [2.24, 2.45) is 5.92 Å². The van der Waals surface area contributed by atoms with Crippen LogP contribution in [0.25, 0.3) is 0 Å². The number of nitrogens with one attached hydrogen (secondary N) is 1. The minimum atomic E-state index is 0.515. The van der Waals surface area contributed by atoms with Gasteiger partial charge in [-0.25, -0.2) is 0 Å². The van der Waals surface area contributed by atoms with E-state index >= 15 is 0 Å². The monoisotopic (exact) mass is 252 g/mol. The molecule has 0 amide bonds. The molecule has 1 fully saturated rings. The molecular formula is C13H24N4O. The molecule has 1 N–H and O–H groups in total. The second kappa shape index (κ2) is 5.80. The molecule has 0 aliphatic carbocycles. The number of hydrogen-bond donors (Lipinski definition) is 1. The highest BCUT2D eigenvalue weighted by atomic mass is 16.5. The first-order valence-electron chi connectivity index (χ1n) is 6.84. The average molecular weight is 252 g/mol. The Labute approximate surface area is 109 Å². The van der Waals surface area contributed by atoms with E-state index in [1.165, 1.54) is 0 Å². The topological polar surface area (TPSA) is 54.2 Å². The second-order valence-electron chi connectivity index (χ2n) is 5.73. The van der Waals surface area contributed by atoms with Crippen LogP contribution in [0.3, 0.4) is 0 Å². The van der Waals surface area contributed by atoms with E-state index in [9.17, 15) is 0 Å². The summed E-state index contributed by atoms with van der Waals surface area (Å²) in [6, 6.07) is 1.03. The maximum atomic E-state index is 5.28. The average Bonchev–Trinajstić information content (AvgIpc) is 2.70. The standard InChI is InChI=1S/C13H24N4O/c1-9(2)5-13-15-12(16-18-13)8-17-10(3)6-14-7-11(17)4/h9-11,14H,5-8H2,1-4H3. The molecule has 1 aromatic rings. The lowest BCUT2D eigenvalue weighted by molar-refractivity contribution is 0.104. The number of piperazine rings is 1. The molecule has 0 spiro atoms. The van der Waals surface area contributed by atoms with Crippen molar-refractivity contribution in [3.05, 3.63) is 11.7 Å². The van der Waals surface area contributed by atoms with Gasteiger partial charge in [-0.1, -0.05) is 19.0 Å². The van der Waals surface area contributed by atoms with Crippen LogP contribution in [0.1, 0.15) is 39.4 Å². The van der Waals surface area contributed by atoms with Gasteiger partial charge in [-0.05, 0) is 19.8 Å². The van der Waals surface area contributed by atoms with Crippen molar-refractivity contribution in [3.8, 4) is 0 Å². The van der Waals surface area contributed by atoms with Crippen molar-refractivity contribution in [2.45, 2.75) is 52.7 Å². The summed E-state index contributed by atoms with van der Waals surface area (Å²) in [6.07, 6.45) is 0.861. The molecule has 18 heavy (non-hydrogen) atoms. The molecule has 102 valence electrons. The molecule has 0 aromatic carbocycles. The first kappa shape index (κ1) is 13.5. The van der Waals surface area contributed by atoms with Gasteiger partial charge in [-0.15, -0.1) is 0 Å². The van der Waals surface area contributed by atoms with E-state index in [4.69, 9.17) is 4.52 Å². The fourth-order valence-corrected chi connectivity index (χ4v) is 2.43. The van der Waals surface area contributed by atoms with Crippen LogP contribution in [0.15, 0.2) is 4.52 Å². The highest BCUT2D eigenvalue weighted by molar-refractivity contribution is 4.91. The first-order valence-corrected chi connectivity index (χ1v) is 6.84. The molecule has 0 bridgehead atoms. The number of hydrogen-bond acceptors (Lipinski definition) is 5. The van der Waals surface area contributed by atoms with E-state index in [2.05, 4.69) is 48.1 Å². The maximum absolute atomic E-state index is 5.28. The summed E-state index contributed by atoms with van der Waals surface area (Å²) in [5, 5.41) is 7.51. The number of nitrogens with zero attached hydrogens (tertiary/aromatic N) is 3. The largest absolute Gasteiger partial charge is 0.339 e. The molecule has 1 saturated heterocycles. The zero-order chi connectivity index (χ0) is 13.1. The summed E-state index contributed by atoms with van der Waals surface area (Å²) in [6.45, 7) is 11.6. The Morgan fingerprint density at radius 2 is 2.00 bits per heavy atom. The third kappa shape index (κ3) is 3.29. The number of rotatable bonds is 4. The van der Waals surface area contributed by atoms with Crippen LogP contribution in [0, 0.1) is 5.92 Å². The Kier molecular flexibility index (Phi) is 4.35. The summed E-state index contributed by atoms with van der Waals surface area (Å²) < 4.78 is 5.28. The minimum absolute atomic E-state index is 0.515. The zero-order valence-electron chi connectivity index (χ0n) is 11.8. The van der Waals surface area contributed by atoms with Gasteiger partial charge >= 0.3 is 0 Å². The molecule has 1 aliphatic heterocycles. The first-order chi connectivity index (χ1) is 8.56. The van der Waals surface area contributed by atoms with Crippen molar-refractivity contribution in [3.63, 3.8) is 0 Å². The van der Waals surface area contributed by atoms with Gasteiger partial charge in [0.25, 0.3) is 0 Å². The summed E-state index contributed by atoms with van der Waals surface area (Å²) in [7, 11) is 0. The highest BCUT2D eigenvalue weighted by Crippen LogP contribution is 2.14. The third-order valence-electron chi connectivity index (χ3n) is 3.43. The normalized spacial score (nSPS) is 25.8. The molecular weight excluding hydrogens is 228 g/mol. The van der Waals surface area contributed by atoms with Crippen LogP contribution in [-0.2, 0) is 13.0 Å². The van der Waals surface area contributed by atoms with Crippen molar-refractivity contribution in [1.29, 1.82) is 0 Å². The van der Waals surface area contributed by atoms with Crippen molar-refractivity contribution >= 4 is 0 Å². The Bertz CT molecular complexity index is 367. The van der Waals surface area contributed by atoms with Gasteiger partial charge in [0.1, 0.15) is 0 Å². The predicted octanol–water partition coefficient (Wildman–Crippen LogP) is 1.45. The fraction of sp³-hybridized carbons (Fsp3) is 0.846. The van der Waals surface area contributed by atoms with Gasteiger partial charge in [-0.3, -0.25) is 4.90 Å². The molecule has 1 aromatic heterocycles. The van der Waals surface area contributed by atoms with E-state index in [0.29, 0.717) is 18.0 Å². The molecule has 0 radical (unpaired) electrons. The molecule has 2 atom stereocenters. The van der Waals surface area contributed by atoms with E-state index in [-0.39, 0.29) is 0 Å². The Balaban J connectivity index is 1.97. The lowest BCUT2D eigenvalue weighted by Gasteiger charge is -2.38. The predicted molar refractivity (Wildman–Crippen MR) is 70.2 cm³/mol. The van der Waals surface area contributed by atoms with Crippen LogP contribution in [0.2, 0.25) is 0 Å². The minimum Gasteiger partial charge on any atom is -0.339 e. The summed E-state index contributed by atoms with van der Waals surface area (Å²) in [5.41, 5.74) is 0. The van der Waals surface area contributed by atoms with Crippen molar-refractivity contribution < 1.29 is 4.52 Å².